The molecule has 3 rings (SSSR count). The van der Waals surface area contributed by atoms with Crippen molar-refractivity contribution in [2.45, 2.75) is 12.5 Å². The molecule has 1 amide bonds. The lowest BCUT2D eigenvalue weighted by molar-refractivity contribution is -0.141. The van der Waals surface area contributed by atoms with Gasteiger partial charge in [0.2, 0.25) is 0 Å². The largest absolute Gasteiger partial charge is 0.481 e. The average Bonchev–Trinajstić information content (AvgIpc) is 2.93. The van der Waals surface area contributed by atoms with Crippen molar-refractivity contribution in [2.24, 2.45) is 0 Å². The molecule has 2 aromatic rings. The molecular formula is C15H16N2O4. The van der Waals surface area contributed by atoms with Gasteiger partial charge in [0.25, 0.3) is 5.91 Å². The first-order valence-electron chi connectivity index (χ1n) is 6.83. The van der Waals surface area contributed by atoms with E-state index in [9.17, 15) is 9.59 Å². The van der Waals surface area contributed by atoms with E-state index in [1.807, 2.05) is 24.4 Å². The van der Waals surface area contributed by atoms with Gasteiger partial charge in [-0.3, -0.25) is 9.59 Å². The second-order valence-corrected chi connectivity index (χ2v) is 5.12. The van der Waals surface area contributed by atoms with E-state index in [1.54, 1.807) is 11.0 Å². The third-order valence-electron chi connectivity index (χ3n) is 3.63. The van der Waals surface area contributed by atoms with Crippen molar-refractivity contribution >= 4 is 22.8 Å². The van der Waals surface area contributed by atoms with E-state index in [4.69, 9.17) is 9.84 Å². The summed E-state index contributed by atoms with van der Waals surface area (Å²) in [6.45, 7) is 1.17. The van der Waals surface area contributed by atoms with E-state index >= 15 is 0 Å². The van der Waals surface area contributed by atoms with Gasteiger partial charge in [-0.05, 0) is 24.3 Å². The minimum atomic E-state index is -0.914. The Morgan fingerprint density at radius 1 is 1.38 bits per heavy atom. The van der Waals surface area contributed by atoms with Gasteiger partial charge in [-0.2, -0.15) is 0 Å². The number of hydrogen-bond acceptors (Lipinski definition) is 3. The van der Waals surface area contributed by atoms with Gasteiger partial charge in [0.15, 0.2) is 0 Å². The molecule has 0 spiro atoms. The summed E-state index contributed by atoms with van der Waals surface area (Å²) in [4.78, 5) is 28.0. The van der Waals surface area contributed by atoms with Crippen LogP contribution in [0.15, 0.2) is 30.5 Å². The zero-order chi connectivity index (χ0) is 14.8. The Kier molecular flexibility index (Phi) is 3.62. The molecule has 1 aromatic carbocycles. The summed E-state index contributed by atoms with van der Waals surface area (Å²) in [5, 5.41) is 9.80. The molecule has 0 unspecified atom stereocenters. The summed E-state index contributed by atoms with van der Waals surface area (Å²) in [6, 6.07) is 7.41. The highest BCUT2D eigenvalue weighted by Crippen LogP contribution is 2.17. The maximum Gasteiger partial charge on any atom is 0.306 e. The van der Waals surface area contributed by atoms with Crippen molar-refractivity contribution in [1.82, 2.24) is 9.88 Å². The molecule has 1 aromatic heterocycles. The van der Waals surface area contributed by atoms with Crippen LogP contribution in [0, 0.1) is 0 Å². The highest BCUT2D eigenvalue weighted by Gasteiger charge is 2.26. The fourth-order valence-corrected chi connectivity index (χ4v) is 2.59. The molecule has 0 aliphatic carbocycles. The van der Waals surface area contributed by atoms with Crippen molar-refractivity contribution in [3.8, 4) is 0 Å². The summed E-state index contributed by atoms with van der Waals surface area (Å²) < 4.78 is 5.38. The van der Waals surface area contributed by atoms with Crippen LogP contribution in [0.3, 0.4) is 0 Å². The molecule has 1 fully saturated rings. The van der Waals surface area contributed by atoms with Crippen molar-refractivity contribution in [1.29, 1.82) is 0 Å². The van der Waals surface area contributed by atoms with Crippen molar-refractivity contribution < 1.29 is 19.4 Å². The molecular weight excluding hydrogens is 272 g/mol. The molecule has 110 valence electrons. The summed E-state index contributed by atoms with van der Waals surface area (Å²) >= 11 is 0. The molecule has 2 N–H and O–H groups in total. The normalized spacial score (nSPS) is 18.9. The Labute approximate surface area is 121 Å². The van der Waals surface area contributed by atoms with Gasteiger partial charge < -0.3 is 19.7 Å². The van der Waals surface area contributed by atoms with Gasteiger partial charge in [-0.25, -0.2) is 0 Å². The van der Waals surface area contributed by atoms with Crippen LogP contribution in [0.1, 0.15) is 16.8 Å². The second kappa shape index (κ2) is 5.57. The van der Waals surface area contributed by atoms with Crippen LogP contribution in [-0.2, 0) is 9.53 Å². The number of aromatic nitrogens is 1. The number of amides is 1. The molecule has 1 aliphatic heterocycles. The molecule has 2 heterocycles. The summed E-state index contributed by atoms with van der Waals surface area (Å²) in [5.41, 5.74) is 1.59. The first-order chi connectivity index (χ1) is 10.1. The van der Waals surface area contributed by atoms with E-state index in [2.05, 4.69) is 4.98 Å². The third kappa shape index (κ3) is 2.90. The van der Waals surface area contributed by atoms with Crippen LogP contribution in [0.4, 0.5) is 0 Å². The Bertz CT molecular complexity index is 679. The Balaban J connectivity index is 1.75. The smallest absolute Gasteiger partial charge is 0.306 e. The molecule has 21 heavy (non-hydrogen) atoms. The number of carbonyl (C=O) groups excluding carboxylic acids is 1. The van der Waals surface area contributed by atoms with Gasteiger partial charge in [-0.15, -0.1) is 0 Å². The van der Waals surface area contributed by atoms with Gasteiger partial charge in [0.05, 0.1) is 19.1 Å². The maximum absolute atomic E-state index is 12.5. The van der Waals surface area contributed by atoms with Crippen LogP contribution >= 0.6 is 0 Å². The average molecular weight is 288 g/mol. The number of nitrogens with one attached hydrogen (secondary N) is 1. The highest BCUT2D eigenvalue weighted by molar-refractivity contribution is 5.98. The van der Waals surface area contributed by atoms with Crippen molar-refractivity contribution in [3.05, 3.63) is 36.0 Å². The molecule has 0 saturated carbocycles. The number of rotatable bonds is 3. The summed E-state index contributed by atoms with van der Waals surface area (Å²) in [7, 11) is 0. The second-order valence-electron chi connectivity index (χ2n) is 5.12. The van der Waals surface area contributed by atoms with E-state index in [-0.39, 0.29) is 12.3 Å². The minimum Gasteiger partial charge on any atom is -0.481 e. The number of morpholine rings is 1. The molecule has 1 atom stereocenters. The number of H-pyrrole nitrogens is 1. The van der Waals surface area contributed by atoms with Crippen LogP contribution < -0.4 is 0 Å². The quantitative estimate of drug-likeness (QED) is 0.896. The van der Waals surface area contributed by atoms with E-state index in [0.717, 1.165) is 10.9 Å². The predicted octanol–water partition coefficient (Wildman–Crippen LogP) is 1.48. The molecule has 1 aliphatic rings. The number of fused-ring (bicyclic) bond motifs is 1. The van der Waals surface area contributed by atoms with Crippen LogP contribution in [0.2, 0.25) is 0 Å². The third-order valence-corrected chi connectivity index (χ3v) is 3.63. The lowest BCUT2D eigenvalue weighted by Gasteiger charge is -2.32. The van der Waals surface area contributed by atoms with E-state index in [1.165, 1.54) is 0 Å². The monoisotopic (exact) mass is 288 g/mol. The van der Waals surface area contributed by atoms with Gasteiger partial charge in [0, 0.05) is 35.8 Å². The van der Waals surface area contributed by atoms with Gasteiger partial charge in [-0.1, -0.05) is 0 Å². The molecule has 1 saturated heterocycles. The van der Waals surface area contributed by atoms with Crippen LogP contribution in [-0.4, -0.2) is 52.7 Å². The fourth-order valence-electron chi connectivity index (χ4n) is 2.59. The number of carboxylic acids is 1. The number of ether oxygens (including phenoxy) is 1. The number of aromatic amines is 1. The number of hydrogen-bond donors (Lipinski definition) is 2. The van der Waals surface area contributed by atoms with Gasteiger partial charge in [0.1, 0.15) is 0 Å². The maximum atomic E-state index is 12.5. The number of aliphatic carboxylic acids is 1. The van der Waals surface area contributed by atoms with E-state index < -0.39 is 12.1 Å². The number of carbonyl (C=O) groups is 2. The topological polar surface area (TPSA) is 82.6 Å². The number of carboxylic acid groups (broad SMARTS) is 1. The highest BCUT2D eigenvalue weighted by atomic mass is 16.5. The Hall–Kier alpha value is -2.34. The zero-order valence-electron chi connectivity index (χ0n) is 11.4. The number of nitrogens with zero attached hydrogens (tertiary/aromatic N) is 1. The van der Waals surface area contributed by atoms with Crippen molar-refractivity contribution in [2.75, 3.05) is 19.7 Å². The summed E-state index contributed by atoms with van der Waals surface area (Å²) in [5.74, 6) is -1.00. The van der Waals surface area contributed by atoms with Crippen LogP contribution in [0.25, 0.3) is 10.9 Å². The first kappa shape index (κ1) is 13.6. The molecule has 6 nitrogen and oxygen atoms in total. The predicted molar refractivity (Wildman–Crippen MR) is 76.2 cm³/mol. The zero-order valence-corrected chi connectivity index (χ0v) is 11.4. The SMILES string of the molecule is O=C(O)C[C@@H]1CN(C(=O)c2ccc3[nH]ccc3c2)CCO1. The van der Waals surface area contributed by atoms with E-state index in [0.29, 0.717) is 25.3 Å². The fraction of sp³-hybridized carbons (Fsp3) is 0.333. The van der Waals surface area contributed by atoms with Crippen molar-refractivity contribution in [3.63, 3.8) is 0 Å². The Morgan fingerprint density at radius 2 is 2.24 bits per heavy atom. The van der Waals surface area contributed by atoms with Crippen LogP contribution in [0.5, 0.6) is 0 Å². The first-order valence-corrected chi connectivity index (χ1v) is 6.83. The molecule has 0 radical (unpaired) electrons. The standard InChI is InChI=1S/C15H16N2O4/c18-14(19)8-12-9-17(5-6-21-12)15(20)11-1-2-13-10(7-11)3-4-16-13/h1-4,7,12,16H,5-6,8-9H2,(H,18,19)/t12-/m1/s1. The summed E-state index contributed by atoms with van der Waals surface area (Å²) in [6.07, 6.45) is 1.31. The lowest BCUT2D eigenvalue weighted by Crippen LogP contribution is -2.46. The molecule has 0 bridgehead atoms. The lowest BCUT2D eigenvalue weighted by atomic mass is 10.1. The van der Waals surface area contributed by atoms with Gasteiger partial charge >= 0.3 is 5.97 Å². The number of benzene rings is 1. The Morgan fingerprint density at radius 3 is 3.05 bits per heavy atom. The minimum absolute atomic E-state index is 0.0827. The molecule has 6 heteroatoms.